The Balaban J connectivity index is 2.43. The molecule has 1 aromatic carbocycles. The topological polar surface area (TPSA) is 87.5 Å². The SMILES string of the molecule is CN(C)C(=O)CNC(=O)Nc1cccc(N)c1. The summed E-state index contributed by atoms with van der Waals surface area (Å²) in [6.07, 6.45) is 0. The Labute approximate surface area is 99.8 Å². The molecule has 0 aliphatic rings. The average Bonchev–Trinajstić information content (AvgIpc) is 2.25. The van der Waals surface area contributed by atoms with Crippen LogP contribution in [0.1, 0.15) is 0 Å². The molecule has 0 atom stereocenters. The quantitative estimate of drug-likeness (QED) is 0.667. The normalized spacial score (nSPS) is 9.53. The van der Waals surface area contributed by atoms with Gasteiger partial charge in [-0.05, 0) is 18.2 Å². The summed E-state index contributed by atoms with van der Waals surface area (Å²) in [5, 5.41) is 5.03. The van der Waals surface area contributed by atoms with Crippen molar-refractivity contribution in [3.8, 4) is 0 Å². The molecule has 0 radical (unpaired) electrons. The van der Waals surface area contributed by atoms with Crippen molar-refractivity contribution in [2.75, 3.05) is 31.7 Å². The Morgan fingerprint density at radius 1 is 1.35 bits per heavy atom. The summed E-state index contributed by atoms with van der Waals surface area (Å²) in [7, 11) is 3.25. The van der Waals surface area contributed by atoms with Crippen LogP contribution < -0.4 is 16.4 Å². The second-order valence-corrected chi connectivity index (χ2v) is 3.72. The fraction of sp³-hybridized carbons (Fsp3) is 0.273. The van der Waals surface area contributed by atoms with Crippen LogP contribution in [-0.4, -0.2) is 37.5 Å². The van der Waals surface area contributed by atoms with Gasteiger partial charge in [-0.2, -0.15) is 0 Å². The summed E-state index contributed by atoms with van der Waals surface area (Å²) in [6.45, 7) is -0.0405. The number of amides is 3. The minimum atomic E-state index is -0.439. The maximum absolute atomic E-state index is 11.4. The zero-order valence-corrected chi connectivity index (χ0v) is 9.86. The molecule has 17 heavy (non-hydrogen) atoms. The van der Waals surface area contributed by atoms with E-state index in [1.807, 2.05) is 0 Å². The van der Waals surface area contributed by atoms with E-state index < -0.39 is 6.03 Å². The van der Waals surface area contributed by atoms with E-state index in [-0.39, 0.29) is 12.5 Å². The maximum Gasteiger partial charge on any atom is 0.319 e. The highest BCUT2D eigenvalue weighted by Crippen LogP contribution is 2.11. The third-order valence-corrected chi connectivity index (χ3v) is 2.04. The molecule has 0 heterocycles. The van der Waals surface area contributed by atoms with E-state index in [0.717, 1.165) is 0 Å². The van der Waals surface area contributed by atoms with E-state index in [0.29, 0.717) is 11.4 Å². The van der Waals surface area contributed by atoms with Crippen LogP contribution in [0.4, 0.5) is 16.2 Å². The van der Waals surface area contributed by atoms with Gasteiger partial charge < -0.3 is 21.3 Å². The lowest BCUT2D eigenvalue weighted by molar-refractivity contribution is -0.127. The molecule has 0 aliphatic heterocycles. The van der Waals surface area contributed by atoms with Crippen molar-refractivity contribution >= 4 is 23.3 Å². The number of nitrogens with one attached hydrogen (secondary N) is 2. The van der Waals surface area contributed by atoms with Crippen molar-refractivity contribution in [2.45, 2.75) is 0 Å². The first-order valence-corrected chi connectivity index (χ1v) is 5.09. The highest BCUT2D eigenvalue weighted by Gasteiger charge is 2.06. The molecule has 0 spiro atoms. The molecule has 0 aromatic heterocycles. The van der Waals surface area contributed by atoms with Crippen LogP contribution >= 0.6 is 0 Å². The minimum Gasteiger partial charge on any atom is -0.399 e. The van der Waals surface area contributed by atoms with Crippen molar-refractivity contribution in [3.05, 3.63) is 24.3 Å². The number of rotatable bonds is 3. The van der Waals surface area contributed by atoms with Crippen LogP contribution in [0.5, 0.6) is 0 Å². The van der Waals surface area contributed by atoms with Crippen molar-refractivity contribution in [3.63, 3.8) is 0 Å². The molecule has 3 amide bonds. The summed E-state index contributed by atoms with van der Waals surface area (Å²) in [4.78, 5) is 24.0. The first-order valence-electron chi connectivity index (χ1n) is 5.09. The number of carbonyl (C=O) groups excluding carboxylic acids is 2. The largest absolute Gasteiger partial charge is 0.399 e. The van der Waals surface area contributed by atoms with Crippen LogP contribution in [0.3, 0.4) is 0 Å². The molecule has 0 unspecified atom stereocenters. The van der Waals surface area contributed by atoms with Gasteiger partial charge in [-0.3, -0.25) is 4.79 Å². The zero-order chi connectivity index (χ0) is 12.8. The number of nitrogen functional groups attached to an aromatic ring is 1. The average molecular weight is 236 g/mol. The molecule has 92 valence electrons. The Kier molecular flexibility index (Phi) is 4.33. The number of carbonyl (C=O) groups is 2. The van der Waals surface area contributed by atoms with Crippen LogP contribution in [0, 0.1) is 0 Å². The fourth-order valence-electron chi connectivity index (χ4n) is 1.11. The first-order chi connectivity index (χ1) is 7.99. The lowest BCUT2D eigenvalue weighted by Crippen LogP contribution is -2.38. The van der Waals surface area contributed by atoms with E-state index in [2.05, 4.69) is 10.6 Å². The van der Waals surface area contributed by atoms with Crippen molar-refractivity contribution in [1.82, 2.24) is 10.2 Å². The Bertz CT molecular complexity index is 418. The number of likely N-dealkylation sites (N-methyl/N-ethyl adjacent to an activating group) is 1. The van der Waals surface area contributed by atoms with Gasteiger partial charge in [0.2, 0.25) is 5.91 Å². The van der Waals surface area contributed by atoms with Gasteiger partial charge in [0.25, 0.3) is 0 Å². The van der Waals surface area contributed by atoms with Gasteiger partial charge in [0.1, 0.15) is 0 Å². The molecule has 1 rings (SSSR count). The van der Waals surface area contributed by atoms with Gasteiger partial charge in [-0.1, -0.05) is 6.07 Å². The summed E-state index contributed by atoms with van der Waals surface area (Å²) < 4.78 is 0. The summed E-state index contributed by atoms with van der Waals surface area (Å²) in [6, 6.07) is 6.36. The molecule has 4 N–H and O–H groups in total. The molecule has 0 bridgehead atoms. The van der Waals surface area contributed by atoms with Crippen molar-refractivity contribution in [1.29, 1.82) is 0 Å². The number of nitrogens with two attached hydrogens (primary N) is 1. The lowest BCUT2D eigenvalue weighted by atomic mass is 10.3. The van der Waals surface area contributed by atoms with E-state index >= 15 is 0 Å². The molecule has 0 fully saturated rings. The van der Waals surface area contributed by atoms with Crippen molar-refractivity contribution < 1.29 is 9.59 Å². The molecular weight excluding hydrogens is 220 g/mol. The molecule has 0 saturated carbocycles. The van der Waals surface area contributed by atoms with Gasteiger partial charge in [0.15, 0.2) is 0 Å². The smallest absolute Gasteiger partial charge is 0.319 e. The molecule has 6 heteroatoms. The second kappa shape index (κ2) is 5.74. The number of hydrogen-bond acceptors (Lipinski definition) is 3. The molecule has 1 aromatic rings. The monoisotopic (exact) mass is 236 g/mol. The molecule has 6 nitrogen and oxygen atoms in total. The predicted molar refractivity (Wildman–Crippen MR) is 66.6 cm³/mol. The van der Waals surface area contributed by atoms with Gasteiger partial charge in [0, 0.05) is 25.5 Å². The van der Waals surface area contributed by atoms with E-state index in [9.17, 15) is 9.59 Å². The highest BCUT2D eigenvalue weighted by molar-refractivity contribution is 5.92. The minimum absolute atomic E-state index is 0.0405. The predicted octanol–water partition coefficient (Wildman–Crippen LogP) is 0.478. The van der Waals surface area contributed by atoms with Crippen LogP contribution in [0.25, 0.3) is 0 Å². The van der Waals surface area contributed by atoms with E-state index in [1.165, 1.54) is 4.90 Å². The van der Waals surface area contributed by atoms with Crippen molar-refractivity contribution in [2.24, 2.45) is 0 Å². The number of urea groups is 1. The van der Waals surface area contributed by atoms with E-state index in [4.69, 9.17) is 5.73 Å². The Hall–Kier alpha value is -2.24. The number of nitrogens with zero attached hydrogens (tertiary/aromatic N) is 1. The third kappa shape index (κ3) is 4.42. The zero-order valence-electron chi connectivity index (χ0n) is 9.86. The first kappa shape index (κ1) is 12.8. The van der Waals surface area contributed by atoms with Gasteiger partial charge >= 0.3 is 6.03 Å². The second-order valence-electron chi connectivity index (χ2n) is 3.72. The molecular formula is C11H16N4O2. The van der Waals surface area contributed by atoms with Crippen LogP contribution in [-0.2, 0) is 4.79 Å². The summed E-state index contributed by atoms with van der Waals surface area (Å²) in [5.41, 5.74) is 6.71. The Morgan fingerprint density at radius 2 is 2.06 bits per heavy atom. The van der Waals surface area contributed by atoms with Crippen LogP contribution in [0.15, 0.2) is 24.3 Å². The number of hydrogen-bond donors (Lipinski definition) is 3. The molecule has 0 aliphatic carbocycles. The highest BCUT2D eigenvalue weighted by atomic mass is 16.2. The Morgan fingerprint density at radius 3 is 2.65 bits per heavy atom. The fourth-order valence-corrected chi connectivity index (χ4v) is 1.11. The molecule has 0 saturated heterocycles. The lowest BCUT2D eigenvalue weighted by Gasteiger charge is -2.11. The number of anilines is 2. The van der Waals surface area contributed by atoms with Gasteiger partial charge in [-0.15, -0.1) is 0 Å². The summed E-state index contributed by atoms with van der Waals surface area (Å²) >= 11 is 0. The van der Waals surface area contributed by atoms with E-state index in [1.54, 1.807) is 38.4 Å². The van der Waals surface area contributed by atoms with Crippen LogP contribution in [0.2, 0.25) is 0 Å². The van der Waals surface area contributed by atoms with Gasteiger partial charge in [-0.25, -0.2) is 4.79 Å². The maximum atomic E-state index is 11.4. The summed E-state index contributed by atoms with van der Waals surface area (Å²) in [5.74, 6) is -0.173. The standard InChI is InChI=1S/C11H16N4O2/c1-15(2)10(16)7-13-11(17)14-9-5-3-4-8(12)6-9/h3-6H,7,12H2,1-2H3,(H2,13,14,17). The third-order valence-electron chi connectivity index (χ3n) is 2.04. The van der Waals surface area contributed by atoms with Gasteiger partial charge in [0.05, 0.1) is 6.54 Å². The number of benzene rings is 1.